The SMILES string of the molecule is CC#C[C@@H](CC1=NN=NC1)c1ccc(OCc2cc(C)c3scc(C4CCCC4)c3c2)cc1.S. The molecule has 2 heterocycles. The molecule has 0 N–H and O–H groups in total. The Balaban J connectivity index is 0.00000274. The van der Waals surface area contributed by atoms with E-state index >= 15 is 0 Å². The summed E-state index contributed by atoms with van der Waals surface area (Å²) in [4.78, 5) is 0. The third-order valence-electron chi connectivity index (χ3n) is 6.69. The zero-order chi connectivity index (χ0) is 22.6. The van der Waals surface area contributed by atoms with Crippen LogP contribution in [0.15, 0.2) is 57.2 Å². The highest BCUT2D eigenvalue weighted by Gasteiger charge is 2.21. The molecule has 0 bridgehead atoms. The molecule has 6 heteroatoms. The van der Waals surface area contributed by atoms with Crippen molar-refractivity contribution in [1.29, 1.82) is 0 Å². The maximum absolute atomic E-state index is 6.18. The van der Waals surface area contributed by atoms with Crippen molar-refractivity contribution in [3.63, 3.8) is 0 Å². The lowest BCUT2D eigenvalue weighted by molar-refractivity contribution is 0.306. The molecule has 0 unspecified atom stereocenters. The molecular weight excluding hydrogens is 458 g/mol. The third-order valence-corrected chi connectivity index (χ3v) is 7.84. The number of benzene rings is 2. The maximum Gasteiger partial charge on any atom is 0.119 e. The van der Waals surface area contributed by atoms with Crippen LogP contribution in [0.2, 0.25) is 0 Å². The first-order chi connectivity index (χ1) is 16.2. The van der Waals surface area contributed by atoms with Gasteiger partial charge in [0.25, 0.3) is 0 Å². The Morgan fingerprint density at radius 1 is 1.15 bits per heavy atom. The second kappa shape index (κ2) is 11.2. The standard InChI is InChI=1S/C28H29N3OS.H2S/c1-3-6-23(15-24-16-29-31-30-24)21-9-11-25(12-10-21)32-17-20-13-19(2)28-26(14-20)27(18-33-28)22-7-4-5-8-22;/h9-14,18,22-23H,4-5,7-8,15-17H2,1-2H3;1H2/t23-;/m0./s1. The number of thiophene rings is 1. The molecule has 1 aliphatic heterocycles. The monoisotopic (exact) mass is 489 g/mol. The van der Waals surface area contributed by atoms with Gasteiger partial charge in [0, 0.05) is 11.1 Å². The molecular formula is C28H31N3OS2. The van der Waals surface area contributed by atoms with E-state index in [-0.39, 0.29) is 19.4 Å². The maximum atomic E-state index is 6.18. The number of aryl methyl sites for hydroxylation is 1. The van der Waals surface area contributed by atoms with Crippen LogP contribution in [0.25, 0.3) is 10.1 Å². The van der Waals surface area contributed by atoms with Crippen LogP contribution in [0.3, 0.4) is 0 Å². The van der Waals surface area contributed by atoms with Crippen LogP contribution in [-0.4, -0.2) is 12.3 Å². The number of rotatable bonds is 7. The van der Waals surface area contributed by atoms with Gasteiger partial charge >= 0.3 is 0 Å². The predicted octanol–water partition coefficient (Wildman–Crippen LogP) is 7.88. The van der Waals surface area contributed by atoms with E-state index in [1.165, 1.54) is 52.5 Å². The van der Waals surface area contributed by atoms with Gasteiger partial charge in [0.1, 0.15) is 18.9 Å². The molecule has 4 nitrogen and oxygen atoms in total. The Hall–Kier alpha value is -2.62. The van der Waals surface area contributed by atoms with Crippen molar-refractivity contribution in [2.24, 2.45) is 15.4 Å². The minimum atomic E-state index is 0. The largest absolute Gasteiger partial charge is 0.489 e. The quantitative estimate of drug-likeness (QED) is 0.311. The predicted molar refractivity (Wildman–Crippen MR) is 147 cm³/mol. The number of fused-ring (bicyclic) bond motifs is 1. The average Bonchev–Trinajstić information content (AvgIpc) is 3.59. The molecule has 0 spiro atoms. The Bertz CT molecular complexity index is 1260. The molecule has 3 aromatic rings. The molecule has 0 saturated heterocycles. The summed E-state index contributed by atoms with van der Waals surface area (Å²) in [5, 5.41) is 15.6. The van der Waals surface area contributed by atoms with Gasteiger partial charge < -0.3 is 4.74 Å². The van der Waals surface area contributed by atoms with Crippen LogP contribution >= 0.6 is 24.8 Å². The average molecular weight is 490 g/mol. The van der Waals surface area contributed by atoms with Crippen molar-refractivity contribution >= 4 is 40.6 Å². The Morgan fingerprint density at radius 3 is 2.65 bits per heavy atom. The van der Waals surface area contributed by atoms with Crippen molar-refractivity contribution in [2.45, 2.75) is 64.4 Å². The lowest BCUT2D eigenvalue weighted by atomic mass is 9.94. The van der Waals surface area contributed by atoms with Crippen LogP contribution in [0.4, 0.5) is 0 Å². The molecule has 0 radical (unpaired) electrons. The van der Waals surface area contributed by atoms with Crippen LogP contribution in [0.5, 0.6) is 5.75 Å². The molecule has 5 rings (SSSR count). The zero-order valence-electron chi connectivity index (χ0n) is 19.8. The van der Waals surface area contributed by atoms with Gasteiger partial charge in [0.15, 0.2) is 0 Å². The molecule has 1 saturated carbocycles. The number of hydrogen-bond donors (Lipinski definition) is 0. The molecule has 34 heavy (non-hydrogen) atoms. The van der Waals surface area contributed by atoms with Gasteiger partial charge in [-0.3, -0.25) is 0 Å². The summed E-state index contributed by atoms with van der Waals surface area (Å²) in [7, 11) is 0. The van der Waals surface area contributed by atoms with E-state index in [1.54, 1.807) is 5.56 Å². The minimum absolute atomic E-state index is 0. The Morgan fingerprint density at radius 2 is 1.94 bits per heavy atom. The third kappa shape index (κ3) is 5.37. The van der Waals surface area contributed by atoms with E-state index in [1.807, 2.05) is 30.4 Å². The highest BCUT2D eigenvalue weighted by atomic mass is 32.1. The normalized spacial score (nSPS) is 16.1. The van der Waals surface area contributed by atoms with Crippen molar-refractivity contribution in [1.82, 2.24) is 0 Å². The summed E-state index contributed by atoms with van der Waals surface area (Å²) in [6.07, 6.45) is 6.15. The van der Waals surface area contributed by atoms with Crippen LogP contribution in [0.1, 0.15) is 73.1 Å². The van der Waals surface area contributed by atoms with Crippen molar-refractivity contribution in [2.75, 3.05) is 6.54 Å². The summed E-state index contributed by atoms with van der Waals surface area (Å²) in [5.74, 6) is 8.06. The van der Waals surface area contributed by atoms with Crippen molar-refractivity contribution < 1.29 is 4.74 Å². The molecule has 1 aromatic heterocycles. The van der Waals surface area contributed by atoms with Gasteiger partial charge in [0.2, 0.25) is 0 Å². The minimum Gasteiger partial charge on any atom is -0.489 e. The summed E-state index contributed by atoms with van der Waals surface area (Å²) in [6, 6.07) is 12.9. The molecule has 176 valence electrons. The molecule has 1 atom stereocenters. The lowest BCUT2D eigenvalue weighted by Gasteiger charge is -2.13. The van der Waals surface area contributed by atoms with E-state index in [2.05, 4.69) is 63.8 Å². The molecule has 1 aliphatic carbocycles. The van der Waals surface area contributed by atoms with E-state index in [9.17, 15) is 0 Å². The lowest BCUT2D eigenvalue weighted by Crippen LogP contribution is -2.07. The van der Waals surface area contributed by atoms with Gasteiger partial charge in [-0.25, -0.2) is 0 Å². The fraction of sp³-hybridized carbons (Fsp3) is 0.393. The highest BCUT2D eigenvalue weighted by Crippen LogP contribution is 2.41. The summed E-state index contributed by atoms with van der Waals surface area (Å²) < 4.78 is 7.61. The molecule has 1 fully saturated rings. The highest BCUT2D eigenvalue weighted by molar-refractivity contribution is 7.59. The molecule has 0 amide bonds. The smallest absolute Gasteiger partial charge is 0.119 e. The van der Waals surface area contributed by atoms with Crippen LogP contribution in [0, 0.1) is 18.8 Å². The van der Waals surface area contributed by atoms with Gasteiger partial charge in [-0.15, -0.1) is 22.4 Å². The number of ether oxygens (including phenoxy) is 1. The van der Waals surface area contributed by atoms with E-state index in [4.69, 9.17) is 4.74 Å². The van der Waals surface area contributed by atoms with Gasteiger partial charge in [-0.2, -0.15) is 18.6 Å². The van der Waals surface area contributed by atoms with Crippen molar-refractivity contribution in [3.05, 3.63) is 64.0 Å². The van der Waals surface area contributed by atoms with E-state index in [0.717, 1.165) is 23.8 Å². The van der Waals surface area contributed by atoms with E-state index in [0.29, 0.717) is 13.2 Å². The van der Waals surface area contributed by atoms with Gasteiger partial charge in [-0.1, -0.05) is 37.0 Å². The summed E-state index contributed by atoms with van der Waals surface area (Å²) in [6.45, 7) is 5.26. The first kappa shape index (κ1) is 24.5. The summed E-state index contributed by atoms with van der Waals surface area (Å²) in [5.41, 5.74) is 6.30. The number of hydrogen-bond acceptors (Lipinski definition) is 5. The summed E-state index contributed by atoms with van der Waals surface area (Å²) >= 11 is 1.90. The fourth-order valence-corrected chi connectivity index (χ4v) is 6.12. The second-order valence-corrected chi connectivity index (χ2v) is 9.91. The van der Waals surface area contributed by atoms with Crippen molar-refractivity contribution in [3.8, 4) is 17.6 Å². The van der Waals surface area contributed by atoms with Crippen LogP contribution in [-0.2, 0) is 6.61 Å². The molecule has 2 aliphatic rings. The fourth-order valence-electron chi connectivity index (χ4n) is 5.01. The van der Waals surface area contributed by atoms with Crippen LogP contribution < -0.4 is 4.74 Å². The van der Waals surface area contributed by atoms with Gasteiger partial charge in [-0.05, 0) is 89.0 Å². The van der Waals surface area contributed by atoms with Gasteiger partial charge in [0.05, 0.1) is 11.6 Å². The topological polar surface area (TPSA) is 46.3 Å². The zero-order valence-corrected chi connectivity index (χ0v) is 21.6. The molecule has 2 aromatic carbocycles. The van der Waals surface area contributed by atoms with E-state index < -0.39 is 0 Å². The Labute approximate surface area is 213 Å². The number of nitrogens with zero attached hydrogens (tertiary/aromatic N) is 3. The Kier molecular flexibility index (Phi) is 8.07. The first-order valence-electron chi connectivity index (χ1n) is 11.8. The first-order valence-corrected chi connectivity index (χ1v) is 12.7. The second-order valence-electron chi connectivity index (χ2n) is 9.03.